The SMILES string of the molecule is CCCCCCC(=O)OCC(O)CCl. The van der Waals surface area contributed by atoms with Crippen LogP contribution in [0.4, 0.5) is 0 Å². The van der Waals surface area contributed by atoms with Gasteiger partial charge in [0.05, 0.1) is 5.88 Å². The standard InChI is InChI=1S/C10H19ClO3/c1-2-3-4-5-6-10(13)14-8-9(12)7-11/h9,12H,2-8H2,1H3. The third-order valence-corrected chi connectivity index (χ3v) is 2.21. The fraction of sp³-hybridized carbons (Fsp3) is 0.900. The summed E-state index contributed by atoms with van der Waals surface area (Å²) < 4.78 is 4.80. The highest BCUT2D eigenvalue weighted by Crippen LogP contribution is 2.03. The monoisotopic (exact) mass is 222 g/mol. The van der Waals surface area contributed by atoms with E-state index >= 15 is 0 Å². The van der Waals surface area contributed by atoms with Crippen LogP contribution in [0.1, 0.15) is 39.0 Å². The molecule has 0 saturated heterocycles. The fourth-order valence-electron chi connectivity index (χ4n) is 1.00. The molecule has 0 fully saturated rings. The Hall–Kier alpha value is -0.280. The Balaban J connectivity index is 3.28. The van der Waals surface area contributed by atoms with E-state index in [1.807, 2.05) is 0 Å². The first-order valence-electron chi connectivity index (χ1n) is 5.10. The summed E-state index contributed by atoms with van der Waals surface area (Å²) in [5.74, 6) is -0.145. The quantitative estimate of drug-likeness (QED) is 0.389. The Labute approximate surface area is 90.4 Å². The normalized spacial score (nSPS) is 12.5. The van der Waals surface area contributed by atoms with Crippen molar-refractivity contribution >= 4 is 17.6 Å². The first-order valence-corrected chi connectivity index (χ1v) is 5.63. The number of aliphatic hydroxyl groups excluding tert-OH is 1. The van der Waals surface area contributed by atoms with Gasteiger partial charge in [-0.2, -0.15) is 0 Å². The van der Waals surface area contributed by atoms with Crippen molar-refractivity contribution in [2.45, 2.75) is 45.1 Å². The number of hydrogen-bond acceptors (Lipinski definition) is 3. The van der Waals surface area contributed by atoms with Gasteiger partial charge in [0.2, 0.25) is 0 Å². The van der Waals surface area contributed by atoms with Crippen LogP contribution in [0.3, 0.4) is 0 Å². The minimum atomic E-state index is -0.740. The topological polar surface area (TPSA) is 46.5 Å². The van der Waals surface area contributed by atoms with Crippen molar-refractivity contribution in [2.24, 2.45) is 0 Å². The molecule has 0 amide bonds. The molecule has 0 aliphatic heterocycles. The van der Waals surface area contributed by atoms with Crippen molar-refractivity contribution in [3.8, 4) is 0 Å². The van der Waals surface area contributed by atoms with Gasteiger partial charge in [0.1, 0.15) is 12.7 Å². The van der Waals surface area contributed by atoms with Gasteiger partial charge in [-0.3, -0.25) is 4.79 Å². The van der Waals surface area contributed by atoms with Crippen LogP contribution in [0.15, 0.2) is 0 Å². The number of ether oxygens (including phenoxy) is 1. The molecule has 1 atom stereocenters. The number of halogens is 1. The summed E-state index contributed by atoms with van der Waals surface area (Å²) >= 11 is 5.34. The second-order valence-corrected chi connectivity index (χ2v) is 3.61. The van der Waals surface area contributed by atoms with Gasteiger partial charge in [0.15, 0.2) is 0 Å². The van der Waals surface area contributed by atoms with Gasteiger partial charge in [0, 0.05) is 6.42 Å². The van der Waals surface area contributed by atoms with Crippen LogP contribution < -0.4 is 0 Å². The van der Waals surface area contributed by atoms with Gasteiger partial charge in [-0.1, -0.05) is 26.2 Å². The molecule has 0 aromatic rings. The predicted molar refractivity (Wildman–Crippen MR) is 56.4 cm³/mol. The molecular formula is C10H19ClO3. The van der Waals surface area contributed by atoms with E-state index in [-0.39, 0.29) is 18.5 Å². The Morgan fingerprint density at radius 2 is 2.14 bits per heavy atom. The lowest BCUT2D eigenvalue weighted by Crippen LogP contribution is -2.19. The number of hydrogen-bond donors (Lipinski definition) is 1. The summed E-state index contributed by atoms with van der Waals surface area (Å²) in [5, 5.41) is 9.01. The van der Waals surface area contributed by atoms with E-state index in [9.17, 15) is 4.79 Å². The highest BCUT2D eigenvalue weighted by Gasteiger charge is 2.06. The Bertz CT molecular complexity index is 150. The highest BCUT2D eigenvalue weighted by molar-refractivity contribution is 6.18. The molecule has 84 valence electrons. The van der Waals surface area contributed by atoms with Gasteiger partial charge < -0.3 is 9.84 Å². The maximum absolute atomic E-state index is 11.1. The number of rotatable bonds is 8. The van der Waals surface area contributed by atoms with E-state index in [0.29, 0.717) is 6.42 Å². The van der Waals surface area contributed by atoms with Crippen molar-refractivity contribution < 1.29 is 14.6 Å². The number of aliphatic hydroxyl groups is 1. The van der Waals surface area contributed by atoms with E-state index in [2.05, 4.69) is 6.92 Å². The minimum absolute atomic E-state index is 0.0100. The Kier molecular flexibility index (Phi) is 9.10. The van der Waals surface area contributed by atoms with E-state index in [0.717, 1.165) is 25.7 Å². The molecule has 3 nitrogen and oxygen atoms in total. The molecule has 0 spiro atoms. The lowest BCUT2D eigenvalue weighted by atomic mass is 10.2. The summed E-state index contributed by atoms with van der Waals surface area (Å²) in [7, 11) is 0. The van der Waals surface area contributed by atoms with Crippen LogP contribution in [0.25, 0.3) is 0 Å². The average molecular weight is 223 g/mol. The van der Waals surface area contributed by atoms with Gasteiger partial charge >= 0.3 is 5.97 Å². The van der Waals surface area contributed by atoms with Crippen molar-refractivity contribution in [3.63, 3.8) is 0 Å². The van der Waals surface area contributed by atoms with E-state index in [1.165, 1.54) is 0 Å². The summed E-state index contributed by atoms with van der Waals surface area (Å²) in [5.41, 5.74) is 0. The molecular weight excluding hydrogens is 204 g/mol. The van der Waals surface area contributed by atoms with Crippen LogP contribution in [-0.4, -0.2) is 29.7 Å². The van der Waals surface area contributed by atoms with Crippen LogP contribution in [0.2, 0.25) is 0 Å². The van der Waals surface area contributed by atoms with E-state index < -0.39 is 6.10 Å². The van der Waals surface area contributed by atoms with Gasteiger partial charge in [-0.05, 0) is 6.42 Å². The molecule has 0 radical (unpaired) electrons. The van der Waals surface area contributed by atoms with Crippen molar-refractivity contribution in [3.05, 3.63) is 0 Å². The molecule has 4 heteroatoms. The van der Waals surface area contributed by atoms with Gasteiger partial charge in [-0.15, -0.1) is 11.6 Å². The first-order chi connectivity index (χ1) is 6.70. The van der Waals surface area contributed by atoms with Gasteiger partial charge in [0.25, 0.3) is 0 Å². The van der Waals surface area contributed by atoms with Crippen LogP contribution >= 0.6 is 11.6 Å². The molecule has 0 saturated carbocycles. The van der Waals surface area contributed by atoms with Crippen LogP contribution in [0.5, 0.6) is 0 Å². The molecule has 1 unspecified atom stereocenters. The average Bonchev–Trinajstić information content (AvgIpc) is 2.21. The number of carbonyl (C=O) groups is 1. The second kappa shape index (κ2) is 9.28. The lowest BCUT2D eigenvalue weighted by Gasteiger charge is -2.07. The highest BCUT2D eigenvalue weighted by atomic mass is 35.5. The molecule has 14 heavy (non-hydrogen) atoms. The third kappa shape index (κ3) is 8.32. The maximum Gasteiger partial charge on any atom is 0.305 e. The molecule has 0 aliphatic rings. The first kappa shape index (κ1) is 13.7. The van der Waals surface area contributed by atoms with Crippen molar-refractivity contribution in [1.82, 2.24) is 0 Å². The largest absolute Gasteiger partial charge is 0.463 e. The molecule has 1 N–H and O–H groups in total. The lowest BCUT2D eigenvalue weighted by molar-refractivity contribution is -0.146. The molecule has 0 aromatic carbocycles. The molecule has 0 bridgehead atoms. The number of alkyl halides is 1. The zero-order valence-corrected chi connectivity index (χ0v) is 9.42. The van der Waals surface area contributed by atoms with E-state index in [4.69, 9.17) is 21.4 Å². The number of carbonyl (C=O) groups excluding carboxylic acids is 1. The van der Waals surface area contributed by atoms with Crippen LogP contribution in [0, 0.1) is 0 Å². The molecule has 0 rings (SSSR count). The van der Waals surface area contributed by atoms with E-state index in [1.54, 1.807) is 0 Å². The van der Waals surface area contributed by atoms with Crippen LogP contribution in [-0.2, 0) is 9.53 Å². The van der Waals surface area contributed by atoms with Crippen molar-refractivity contribution in [1.29, 1.82) is 0 Å². The summed E-state index contributed by atoms with van der Waals surface area (Å²) in [6.45, 7) is 2.13. The summed E-state index contributed by atoms with van der Waals surface area (Å²) in [6, 6.07) is 0. The zero-order chi connectivity index (χ0) is 10.8. The van der Waals surface area contributed by atoms with Crippen molar-refractivity contribution in [2.75, 3.05) is 12.5 Å². The maximum atomic E-state index is 11.1. The zero-order valence-electron chi connectivity index (χ0n) is 8.67. The molecule has 0 aliphatic carbocycles. The number of esters is 1. The Morgan fingerprint density at radius 1 is 1.43 bits per heavy atom. The third-order valence-electron chi connectivity index (χ3n) is 1.85. The number of unbranched alkanes of at least 4 members (excludes halogenated alkanes) is 3. The van der Waals surface area contributed by atoms with Gasteiger partial charge in [-0.25, -0.2) is 0 Å². The molecule has 0 aromatic heterocycles. The minimum Gasteiger partial charge on any atom is -0.463 e. The second-order valence-electron chi connectivity index (χ2n) is 3.30. The molecule has 0 heterocycles. The Morgan fingerprint density at radius 3 is 2.71 bits per heavy atom. The smallest absolute Gasteiger partial charge is 0.305 e. The fourth-order valence-corrected chi connectivity index (χ4v) is 1.09. The predicted octanol–water partition coefficient (Wildman–Crippen LogP) is 2.10. The summed E-state index contributed by atoms with van der Waals surface area (Å²) in [6.07, 6.45) is 3.93. The summed E-state index contributed by atoms with van der Waals surface area (Å²) in [4.78, 5) is 11.1.